The average Bonchev–Trinajstić information content (AvgIpc) is 3.03. The molecule has 0 atom stereocenters. The molecule has 1 aliphatic rings. The SMILES string of the molecule is FC(F)(F)c1cc(Nc2ccc(Cl)c(Cl)c2)nc(NC2CCCC2)n1. The molecule has 1 aliphatic carbocycles. The highest BCUT2D eigenvalue weighted by atomic mass is 35.5. The summed E-state index contributed by atoms with van der Waals surface area (Å²) in [4.78, 5) is 7.76. The Hall–Kier alpha value is -1.73. The van der Waals surface area contributed by atoms with Gasteiger partial charge in [-0.05, 0) is 31.0 Å². The fourth-order valence-electron chi connectivity index (χ4n) is 2.70. The zero-order chi connectivity index (χ0) is 18.0. The molecule has 25 heavy (non-hydrogen) atoms. The van der Waals surface area contributed by atoms with Gasteiger partial charge < -0.3 is 10.6 Å². The fraction of sp³-hybridized carbons (Fsp3) is 0.375. The van der Waals surface area contributed by atoms with Crippen molar-refractivity contribution in [3.63, 3.8) is 0 Å². The van der Waals surface area contributed by atoms with Gasteiger partial charge in [0.2, 0.25) is 5.95 Å². The molecule has 134 valence electrons. The first-order valence-corrected chi connectivity index (χ1v) is 8.52. The molecule has 0 amide bonds. The Labute approximate surface area is 152 Å². The number of rotatable bonds is 4. The molecular weight excluding hydrogens is 376 g/mol. The molecule has 3 rings (SSSR count). The molecule has 4 nitrogen and oxygen atoms in total. The van der Waals surface area contributed by atoms with Crippen LogP contribution in [0, 0.1) is 0 Å². The van der Waals surface area contributed by atoms with Crippen LogP contribution >= 0.6 is 23.2 Å². The molecule has 0 saturated heterocycles. The maximum absolute atomic E-state index is 13.1. The van der Waals surface area contributed by atoms with Crippen molar-refractivity contribution in [3.05, 3.63) is 40.0 Å². The lowest BCUT2D eigenvalue weighted by molar-refractivity contribution is -0.141. The van der Waals surface area contributed by atoms with Crippen molar-refractivity contribution in [2.24, 2.45) is 0 Å². The van der Waals surface area contributed by atoms with Gasteiger partial charge >= 0.3 is 6.18 Å². The van der Waals surface area contributed by atoms with Crippen LogP contribution in [-0.2, 0) is 6.18 Å². The van der Waals surface area contributed by atoms with Gasteiger partial charge in [-0.3, -0.25) is 0 Å². The third-order valence-corrected chi connectivity index (χ3v) is 4.64. The van der Waals surface area contributed by atoms with Crippen molar-refractivity contribution in [2.75, 3.05) is 10.6 Å². The van der Waals surface area contributed by atoms with Gasteiger partial charge in [-0.15, -0.1) is 0 Å². The fourth-order valence-corrected chi connectivity index (χ4v) is 2.99. The van der Waals surface area contributed by atoms with Gasteiger partial charge in [-0.2, -0.15) is 18.2 Å². The van der Waals surface area contributed by atoms with Gasteiger partial charge in [0.15, 0.2) is 5.69 Å². The van der Waals surface area contributed by atoms with Crippen molar-refractivity contribution in [1.29, 1.82) is 0 Å². The summed E-state index contributed by atoms with van der Waals surface area (Å²) in [6, 6.07) is 5.64. The van der Waals surface area contributed by atoms with E-state index in [0.29, 0.717) is 15.7 Å². The van der Waals surface area contributed by atoms with E-state index in [4.69, 9.17) is 23.2 Å². The van der Waals surface area contributed by atoms with E-state index in [1.807, 2.05) is 0 Å². The number of hydrogen-bond donors (Lipinski definition) is 2. The number of hydrogen-bond acceptors (Lipinski definition) is 4. The molecular formula is C16H15Cl2F3N4. The smallest absolute Gasteiger partial charge is 0.351 e. The van der Waals surface area contributed by atoms with Gasteiger partial charge in [-0.1, -0.05) is 36.0 Å². The number of alkyl halides is 3. The minimum Gasteiger partial charge on any atom is -0.351 e. The lowest BCUT2D eigenvalue weighted by Gasteiger charge is -2.16. The van der Waals surface area contributed by atoms with Crippen molar-refractivity contribution in [1.82, 2.24) is 9.97 Å². The van der Waals surface area contributed by atoms with Crippen LogP contribution in [0.1, 0.15) is 31.4 Å². The van der Waals surface area contributed by atoms with Gasteiger partial charge in [0.25, 0.3) is 0 Å². The third-order valence-electron chi connectivity index (χ3n) is 3.90. The second-order valence-corrected chi connectivity index (χ2v) is 6.65. The molecule has 0 bridgehead atoms. The monoisotopic (exact) mass is 390 g/mol. The molecule has 0 unspecified atom stereocenters. The number of anilines is 3. The van der Waals surface area contributed by atoms with Crippen LogP contribution in [0.25, 0.3) is 0 Å². The Kier molecular flexibility index (Phi) is 5.24. The molecule has 9 heteroatoms. The van der Waals surface area contributed by atoms with Gasteiger partial charge in [-0.25, -0.2) is 4.98 Å². The minimum absolute atomic E-state index is 0.0289. The van der Waals surface area contributed by atoms with Crippen LogP contribution in [0.5, 0.6) is 0 Å². The van der Waals surface area contributed by atoms with E-state index in [9.17, 15) is 13.2 Å². The highest BCUT2D eigenvalue weighted by Gasteiger charge is 2.34. The zero-order valence-corrected chi connectivity index (χ0v) is 14.5. The van der Waals surface area contributed by atoms with E-state index >= 15 is 0 Å². The van der Waals surface area contributed by atoms with Crippen LogP contribution in [0.15, 0.2) is 24.3 Å². The first-order valence-electron chi connectivity index (χ1n) is 7.76. The predicted molar refractivity (Wildman–Crippen MR) is 92.7 cm³/mol. The Bertz CT molecular complexity index is 762. The molecule has 0 radical (unpaired) electrons. The molecule has 1 fully saturated rings. The van der Waals surface area contributed by atoms with Crippen molar-refractivity contribution in [3.8, 4) is 0 Å². The Morgan fingerprint density at radius 1 is 1.00 bits per heavy atom. The van der Waals surface area contributed by atoms with Crippen LogP contribution in [0.2, 0.25) is 10.0 Å². The molecule has 2 aromatic rings. The maximum Gasteiger partial charge on any atom is 0.433 e. The van der Waals surface area contributed by atoms with Crippen molar-refractivity contribution < 1.29 is 13.2 Å². The predicted octanol–water partition coefficient (Wildman–Crippen LogP) is 5.90. The van der Waals surface area contributed by atoms with E-state index in [1.165, 1.54) is 6.07 Å². The molecule has 0 spiro atoms. The van der Waals surface area contributed by atoms with E-state index in [-0.39, 0.29) is 17.8 Å². The third kappa shape index (κ3) is 4.67. The van der Waals surface area contributed by atoms with Gasteiger partial charge in [0, 0.05) is 17.8 Å². The summed E-state index contributed by atoms with van der Waals surface area (Å²) in [7, 11) is 0. The summed E-state index contributed by atoms with van der Waals surface area (Å²) < 4.78 is 39.4. The summed E-state index contributed by atoms with van der Waals surface area (Å²) in [5.41, 5.74) is -0.529. The highest BCUT2D eigenvalue weighted by molar-refractivity contribution is 6.42. The van der Waals surface area contributed by atoms with Crippen LogP contribution in [0.3, 0.4) is 0 Å². The topological polar surface area (TPSA) is 49.8 Å². The molecule has 1 aromatic carbocycles. The standard InChI is InChI=1S/C16H15Cl2F3N4/c17-11-6-5-10(7-12(11)18)22-14-8-13(16(19,20)21)24-15(25-14)23-9-3-1-2-4-9/h5-9H,1-4H2,(H2,22,23,24,25). The molecule has 1 aromatic heterocycles. The number of halogens is 5. The van der Waals surface area contributed by atoms with E-state index < -0.39 is 11.9 Å². The van der Waals surface area contributed by atoms with E-state index in [2.05, 4.69) is 20.6 Å². The normalized spacial score (nSPS) is 15.4. The van der Waals surface area contributed by atoms with Gasteiger partial charge in [0.1, 0.15) is 5.82 Å². The molecule has 1 saturated carbocycles. The average molecular weight is 391 g/mol. The largest absolute Gasteiger partial charge is 0.433 e. The van der Waals surface area contributed by atoms with Gasteiger partial charge in [0.05, 0.1) is 10.0 Å². The number of nitrogens with zero attached hydrogens (tertiary/aromatic N) is 2. The molecule has 1 heterocycles. The first-order chi connectivity index (χ1) is 11.8. The Morgan fingerprint density at radius 3 is 2.36 bits per heavy atom. The van der Waals surface area contributed by atoms with Crippen LogP contribution in [-0.4, -0.2) is 16.0 Å². The second kappa shape index (κ2) is 7.25. The lowest BCUT2D eigenvalue weighted by Crippen LogP contribution is -2.19. The van der Waals surface area contributed by atoms with E-state index in [1.54, 1.807) is 12.1 Å². The van der Waals surface area contributed by atoms with Crippen molar-refractivity contribution >= 4 is 40.7 Å². The van der Waals surface area contributed by atoms with Crippen LogP contribution < -0.4 is 10.6 Å². The first kappa shape index (κ1) is 18.1. The summed E-state index contributed by atoms with van der Waals surface area (Å²) >= 11 is 11.8. The van der Waals surface area contributed by atoms with E-state index in [0.717, 1.165) is 31.7 Å². The number of aromatic nitrogens is 2. The summed E-state index contributed by atoms with van der Waals surface area (Å²) in [6.45, 7) is 0. The molecule has 2 N–H and O–H groups in total. The molecule has 0 aliphatic heterocycles. The maximum atomic E-state index is 13.1. The summed E-state index contributed by atoms with van der Waals surface area (Å²) in [6.07, 6.45) is -0.677. The highest BCUT2D eigenvalue weighted by Crippen LogP contribution is 2.32. The summed E-state index contributed by atoms with van der Waals surface area (Å²) in [5, 5.41) is 6.45. The Balaban J connectivity index is 1.89. The second-order valence-electron chi connectivity index (χ2n) is 5.84. The lowest BCUT2D eigenvalue weighted by atomic mass is 10.2. The number of benzene rings is 1. The zero-order valence-electron chi connectivity index (χ0n) is 13.0. The summed E-state index contributed by atoms with van der Waals surface area (Å²) in [5.74, 6) is -0.00880. The number of nitrogens with one attached hydrogen (secondary N) is 2. The van der Waals surface area contributed by atoms with Crippen LogP contribution in [0.4, 0.5) is 30.6 Å². The Morgan fingerprint density at radius 2 is 1.72 bits per heavy atom. The van der Waals surface area contributed by atoms with Crippen molar-refractivity contribution in [2.45, 2.75) is 37.9 Å². The minimum atomic E-state index is -4.57. The quantitative estimate of drug-likeness (QED) is 0.681.